The second kappa shape index (κ2) is 8.70. The fraction of sp³-hybridized carbons (Fsp3) is 0.261. The number of anilines is 2. The lowest BCUT2D eigenvalue weighted by atomic mass is 10.1. The standard InChI is InChI=1S/C23H22FN5O3/c1-15-12-22(26-23(25-15)18-4-3-5-19(13-18)29(31)32)28-10-8-27(9-11-28)21-7-6-17(16(2)30)14-20(21)24/h3-7,12-14H,8-11H2,1-2H3. The minimum atomic E-state index is -0.443. The van der Waals surface area contributed by atoms with Crippen molar-refractivity contribution in [2.75, 3.05) is 36.0 Å². The number of hydrogen-bond donors (Lipinski definition) is 0. The van der Waals surface area contributed by atoms with Gasteiger partial charge < -0.3 is 9.80 Å². The Morgan fingerprint density at radius 2 is 1.75 bits per heavy atom. The molecule has 0 unspecified atom stereocenters. The molecule has 1 fully saturated rings. The molecule has 0 radical (unpaired) electrons. The summed E-state index contributed by atoms with van der Waals surface area (Å²) in [5.74, 6) is 0.582. The van der Waals surface area contributed by atoms with Gasteiger partial charge in [0.2, 0.25) is 0 Å². The van der Waals surface area contributed by atoms with E-state index in [-0.39, 0.29) is 11.5 Å². The van der Waals surface area contributed by atoms with Gasteiger partial charge in [0.15, 0.2) is 11.6 Å². The average Bonchev–Trinajstić information content (AvgIpc) is 2.79. The van der Waals surface area contributed by atoms with Crippen LogP contribution in [0.5, 0.6) is 0 Å². The zero-order valence-corrected chi connectivity index (χ0v) is 17.8. The molecular formula is C23H22FN5O3. The summed E-state index contributed by atoms with van der Waals surface area (Å²) in [5.41, 5.74) is 2.15. The molecule has 0 spiro atoms. The van der Waals surface area contributed by atoms with Crippen molar-refractivity contribution in [3.05, 3.63) is 75.7 Å². The Kier molecular flexibility index (Phi) is 5.81. The highest BCUT2D eigenvalue weighted by molar-refractivity contribution is 5.94. The molecule has 1 saturated heterocycles. The topological polar surface area (TPSA) is 92.5 Å². The number of nitro benzene ring substituents is 1. The van der Waals surface area contributed by atoms with E-state index >= 15 is 0 Å². The summed E-state index contributed by atoms with van der Waals surface area (Å²) in [7, 11) is 0. The van der Waals surface area contributed by atoms with E-state index in [1.807, 2.05) is 17.9 Å². The Balaban J connectivity index is 1.52. The van der Waals surface area contributed by atoms with Crippen LogP contribution in [-0.4, -0.2) is 46.9 Å². The van der Waals surface area contributed by atoms with Gasteiger partial charge in [0.1, 0.15) is 11.6 Å². The molecule has 0 N–H and O–H groups in total. The van der Waals surface area contributed by atoms with Crippen molar-refractivity contribution in [3.63, 3.8) is 0 Å². The van der Waals surface area contributed by atoms with Gasteiger partial charge in [-0.3, -0.25) is 14.9 Å². The molecule has 9 heteroatoms. The highest BCUT2D eigenvalue weighted by Gasteiger charge is 2.22. The molecule has 8 nitrogen and oxygen atoms in total. The summed E-state index contributed by atoms with van der Waals surface area (Å²) in [4.78, 5) is 35.2. The number of carbonyl (C=O) groups is 1. The first-order chi connectivity index (χ1) is 15.3. The predicted molar refractivity (Wildman–Crippen MR) is 120 cm³/mol. The lowest BCUT2D eigenvalue weighted by Gasteiger charge is -2.37. The molecule has 0 saturated carbocycles. The van der Waals surface area contributed by atoms with Crippen LogP contribution < -0.4 is 9.80 Å². The minimum absolute atomic E-state index is 0.0133. The number of aryl methyl sites for hydroxylation is 1. The maximum absolute atomic E-state index is 14.5. The van der Waals surface area contributed by atoms with Crippen molar-refractivity contribution in [3.8, 4) is 11.4 Å². The average molecular weight is 435 g/mol. The SMILES string of the molecule is CC(=O)c1ccc(N2CCN(c3cc(C)nc(-c4cccc([N+](=O)[O-])c4)n3)CC2)c(F)c1. The number of aromatic nitrogens is 2. The molecule has 0 aliphatic carbocycles. The van der Waals surface area contributed by atoms with E-state index in [1.54, 1.807) is 24.3 Å². The van der Waals surface area contributed by atoms with E-state index in [9.17, 15) is 19.3 Å². The Hall–Kier alpha value is -3.88. The quantitative estimate of drug-likeness (QED) is 0.339. The highest BCUT2D eigenvalue weighted by Crippen LogP contribution is 2.26. The summed E-state index contributed by atoms with van der Waals surface area (Å²) in [5, 5.41) is 11.1. The monoisotopic (exact) mass is 435 g/mol. The molecule has 0 amide bonds. The van der Waals surface area contributed by atoms with E-state index in [2.05, 4.69) is 14.9 Å². The van der Waals surface area contributed by atoms with Crippen LogP contribution in [0.1, 0.15) is 23.0 Å². The number of carbonyl (C=O) groups excluding carboxylic acids is 1. The summed E-state index contributed by atoms with van der Waals surface area (Å²) >= 11 is 0. The van der Waals surface area contributed by atoms with E-state index in [0.717, 1.165) is 11.5 Å². The highest BCUT2D eigenvalue weighted by atomic mass is 19.1. The van der Waals surface area contributed by atoms with Gasteiger partial charge in [0.25, 0.3) is 5.69 Å². The number of Topliss-reactive ketones (excluding diaryl/α,β-unsaturated/α-hetero) is 1. The van der Waals surface area contributed by atoms with Crippen molar-refractivity contribution in [2.24, 2.45) is 0 Å². The van der Waals surface area contributed by atoms with Crippen LogP contribution in [0.25, 0.3) is 11.4 Å². The molecule has 2 aromatic carbocycles. The van der Waals surface area contributed by atoms with E-state index in [0.29, 0.717) is 48.8 Å². The largest absolute Gasteiger partial charge is 0.366 e. The van der Waals surface area contributed by atoms with Crippen LogP contribution >= 0.6 is 0 Å². The fourth-order valence-electron chi connectivity index (χ4n) is 3.76. The second-order valence-electron chi connectivity index (χ2n) is 7.70. The van der Waals surface area contributed by atoms with Crippen LogP contribution in [-0.2, 0) is 0 Å². The fourth-order valence-corrected chi connectivity index (χ4v) is 3.76. The number of nitrogens with zero attached hydrogens (tertiary/aromatic N) is 5. The lowest BCUT2D eigenvalue weighted by molar-refractivity contribution is -0.384. The first-order valence-corrected chi connectivity index (χ1v) is 10.2. The maximum Gasteiger partial charge on any atom is 0.270 e. The number of hydrogen-bond acceptors (Lipinski definition) is 7. The first-order valence-electron chi connectivity index (χ1n) is 10.2. The van der Waals surface area contributed by atoms with E-state index in [1.165, 1.54) is 25.1 Å². The van der Waals surface area contributed by atoms with Gasteiger partial charge in [-0.2, -0.15) is 0 Å². The smallest absolute Gasteiger partial charge is 0.270 e. The molecule has 1 aliphatic rings. The third-order valence-electron chi connectivity index (χ3n) is 5.45. The van der Waals surface area contributed by atoms with Crippen LogP contribution in [0.4, 0.5) is 21.6 Å². The van der Waals surface area contributed by atoms with Gasteiger partial charge in [-0.25, -0.2) is 14.4 Å². The van der Waals surface area contributed by atoms with Crippen molar-refractivity contribution in [2.45, 2.75) is 13.8 Å². The third kappa shape index (κ3) is 4.41. The zero-order valence-electron chi connectivity index (χ0n) is 17.8. The summed E-state index contributed by atoms with van der Waals surface area (Å²) in [6.07, 6.45) is 0. The van der Waals surface area contributed by atoms with Crippen molar-refractivity contribution < 1.29 is 14.1 Å². The molecule has 3 aromatic rings. The van der Waals surface area contributed by atoms with Gasteiger partial charge in [-0.15, -0.1) is 0 Å². The van der Waals surface area contributed by atoms with Crippen molar-refractivity contribution in [1.29, 1.82) is 0 Å². The summed E-state index contributed by atoms with van der Waals surface area (Å²) in [6, 6.07) is 12.7. The Labute approximate surface area is 184 Å². The van der Waals surface area contributed by atoms with Crippen molar-refractivity contribution in [1.82, 2.24) is 9.97 Å². The number of piperazine rings is 1. The minimum Gasteiger partial charge on any atom is -0.366 e. The molecule has 164 valence electrons. The normalized spacial score (nSPS) is 13.8. The van der Waals surface area contributed by atoms with Crippen LogP contribution in [0.2, 0.25) is 0 Å². The number of nitro groups is 1. The van der Waals surface area contributed by atoms with Crippen molar-refractivity contribution >= 4 is 23.0 Å². The molecule has 1 aliphatic heterocycles. The number of rotatable bonds is 5. The predicted octanol–water partition coefficient (Wildman–Crippen LogP) is 4.03. The van der Waals surface area contributed by atoms with Crippen LogP contribution in [0, 0.1) is 22.9 Å². The van der Waals surface area contributed by atoms with Gasteiger partial charge in [0.05, 0.1) is 10.6 Å². The van der Waals surface area contributed by atoms with Crippen LogP contribution in [0.15, 0.2) is 48.5 Å². The molecule has 2 heterocycles. The van der Waals surface area contributed by atoms with Gasteiger partial charge in [-0.05, 0) is 32.0 Å². The first kappa shape index (κ1) is 21.4. The molecule has 32 heavy (non-hydrogen) atoms. The maximum atomic E-state index is 14.5. The van der Waals surface area contributed by atoms with Gasteiger partial charge in [-0.1, -0.05) is 12.1 Å². The molecule has 0 atom stereocenters. The Bertz CT molecular complexity index is 1190. The lowest BCUT2D eigenvalue weighted by Crippen LogP contribution is -2.47. The Morgan fingerprint density at radius 3 is 2.41 bits per heavy atom. The Morgan fingerprint density at radius 1 is 1.03 bits per heavy atom. The molecule has 1 aromatic heterocycles. The van der Waals surface area contributed by atoms with Gasteiger partial charge >= 0.3 is 0 Å². The zero-order chi connectivity index (χ0) is 22.8. The van der Waals surface area contributed by atoms with Crippen LogP contribution in [0.3, 0.4) is 0 Å². The summed E-state index contributed by atoms with van der Waals surface area (Å²) in [6.45, 7) is 5.70. The van der Waals surface area contributed by atoms with E-state index in [4.69, 9.17) is 0 Å². The molecule has 4 rings (SSSR count). The third-order valence-corrected chi connectivity index (χ3v) is 5.45. The molecular weight excluding hydrogens is 413 g/mol. The second-order valence-corrected chi connectivity index (χ2v) is 7.70. The number of halogens is 1. The number of ketones is 1. The number of benzene rings is 2. The van der Waals surface area contributed by atoms with E-state index < -0.39 is 10.7 Å². The number of non-ortho nitro benzene ring substituents is 1. The molecule has 0 bridgehead atoms. The van der Waals surface area contributed by atoms with Gasteiger partial charge in [0, 0.05) is 61.2 Å². The summed E-state index contributed by atoms with van der Waals surface area (Å²) < 4.78 is 14.5.